The smallest absolute Gasteiger partial charge is 0.127 e. The molecular formula is C15H21BrN2O. The summed E-state index contributed by atoms with van der Waals surface area (Å²) in [6, 6.07) is 5.08. The topological polar surface area (TPSA) is 24.5 Å². The Morgan fingerprint density at radius 1 is 1.47 bits per heavy atom. The van der Waals surface area contributed by atoms with E-state index in [-0.39, 0.29) is 0 Å². The molecule has 4 heteroatoms. The Morgan fingerprint density at radius 3 is 3.21 bits per heavy atom. The van der Waals surface area contributed by atoms with Gasteiger partial charge in [-0.25, -0.2) is 0 Å². The van der Waals surface area contributed by atoms with Gasteiger partial charge in [-0.3, -0.25) is 4.90 Å². The van der Waals surface area contributed by atoms with Gasteiger partial charge in [-0.05, 0) is 44.1 Å². The molecule has 0 aliphatic carbocycles. The first-order chi connectivity index (χ1) is 9.28. The third kappa shape index (κ3) is 2.81. The van der Waals surface area contributed by atoms with Crippen LogP contribution in [-0.2, 0) is 13.0 Å². The highest BCUT2D eigenvalue weighted by Gasteiger charge is 2.26. The van der Waals surface area contributed by atoms with E-state index in [1.165, 1.54) is 35.0 Å². The molecule has 0 radical (unpaired) electrons. The molecule has 0 bridgehead atoms. The molecule has 2 heterocycles. The summed E-state index contributed by atoms with van der Waals surface area (Å²) in [5.41, 5.74) is 2.69. The Bertz CT molecular complexity index is 464. The SMILES string of the molecule is CNCC1CCCN1Cc1cc(Br)cc2c1OCC2. The Kier molecular flexibility index (Phi) is 4.10. The summed E-state index contributed by atoms with van der Waals surface area (Å²) >= 11 is 3.62. The zero-order valence-electron chi connectivity index (χ0n) is 11.4. The number of hydrogen-bond acceptors (Lipinski definition) is 3. The summed E-state index contributed by atoms with van der Waals surface area (Å²) in [5, 5.41) is 3.31. The molecule has 1 aromatic rings. The summed E-state index contributed by atoms with van der Waals surface area (Å²) in [6.45, 7) is 4.12. The van der Waals surface area contributed by atoms with Crippen molar-refractivity contribution in [3.05, 3.63) is 27.7 Å². The number of halogens is 1. The van der Waals surface area contributed by atoms with Crippen LogP contribution in [-0.4, -0.2) is 37.7 Å². The molecule has 1 unspecified atom stereocenters. The number of likely N-dealkylation sites (N-methyl/N-ethyl adjacent to an activating group) is 1. The van der Waals surface area contributed by atoms with Gasteiger partial charge in [-0.1, -0.05) is 15.9 Å². The van der Waals surface area contributed by atoms with Gasteiger partial charge >= 0.3 is 0 Å². The number of nitrogens with one attached hydrogen (secondary N) is 1. The van der Waals surface area contributed by atoms with Crippen molar-refractivity contribution < 1.29 is 4.74 Å². The van der Waals surface area contributed by atoms with Gasteiger partial charge in [0.1, 0.15) is 5.75 Å². The highest BCUT2D eigenvalue weighted by Crippen LogP contribution is 2.34. The molecule has 2 aliphatic rings. The molecule has 0 saturated carbocycles. The van der Waals surface area contributed by atoms with E-state index in [0.29, 0.717) is 6.04 Å². The average Bonchev–Trinajstić information content (AvgIpc) is 2.99. The fourth-order valence-electron chi connectivity index (χ4n) is 3.25. The average molecular weight is 325 g/mol. The quantitative estimate of drug-likeness (QED) is 0.921. The summed E-state index contributed by atoms with van der Waals surface area (Å²) in [4.78, 5) is 2.58. The molecule has 0 spiro atoms. The molecule has 19 heavy (non-hydrogen) atoms. The number of rotatable bonds is 4. The maximum atomic E-state index is 5.83. The normalized spacial score (nSPS) is 22.5. The molecule has 3 rings (SSSR count). The zero-order chi connectivity index (χ0) is 13.2. The van der Waals surface area contributed by atoms with E-state index in [4.69, 9.17) is 4.74 Å². The lowest BCUT2D eigenvalue weighted by molar-refractivity contribution is 0.238. The van der Waals surface area contributed by atoms with Crippen LogP contribution in [0.4, 0.5) is 0 Å². The number of nitrogens with zero attached hydrogens (tertiary/aromatic N) is 1. The standard InChI is InChI=1S/C15H21BrN2O/c1-17-9-14-3-2-5-18(14)10-12-8-13(16)7-11-4-6-19-15(11)12/h7-8,14,17H,2-6,9-10H2,1H3. The van der Waals surface area contributed by atoms with Crippen molar-refractivity contribution in [1.29, 1.82) is 0 Å². The van der Waals surface area contributed by atoms with Crippen molar-refractivity contribution in [3.63, 3.8) is 0 Å². The fourth-order valence-corrected chi connectivity index (χ4v) is 3.81. The molecule has 1 aromatic carbocycles. The van der Waals surface area contributed by atoms with E-state index in [9.17, 15) is 0 Å². The molecular weight excluding hydrogens is 304 g/mol. The van der Waals surface area contributed by atoms with Crippen molar-refractivity contribution >= 4 is 15.9 Å². The summed E-state index contributed by atoms with van der Waals surface area (Å²) < 4.78 is 7.00. The second kappa shape index (κ2) is 5.81. The Hall–Kier alpha value is -0.580. The maximum absolute atomic E-state index is 5.83. The zero-order valence-corrected chi connectivity index (χ0v) is 13.0. The number of fused-ring (bicyclic) bond motifs is 1. The first-order valence-electron chi connectivity index (χ1n) is 7.10. The van der Waals surface area contributed by atoms with Crippen molar-refractivity contribution in [2.75, 3.05) is 26.7 Å². The van der Waals surface area contributed by atoms with E-state index >= 15 is 0 Å². The van der Waals surface area contributed by atoms with Crippen LogP contribution >= 0.6 is 15.9 Å². The molecule has 3 nitrogen and oxygen atoms in total. The third-order valence-electron chi connectivity index (χ3n) is 4.14. The van der Waals surface area contributed by atoms with E-state index in [2.05, 4.69) is 38.3 Å². The van der Waals surface area contributed by atoms with Gasteiger partial charge in [-0.2, -0.15) is 0 Å². The van der Waals surface area contributed by atoms with Crippen molar-refractivity contribution in [2.45, 2.75) is 31.8 Å². The molecule has 0 amide bonds. The second-order valence-electron chi connectivity index (χ2n) is 5.48. The fraction of sp³-hybridized carbons (Fsp3) is 0.600. The van der Waals surface area contributed by atoms with E-state index in [1.807, 2.05) is 7.05 Å². The van der Waals surface area contributed by atoms with Crippen LogP contribution in [0.3, 0.4) is 0 Å². The minimum Gasteiger partial charge on any atom is -0.493 e. The van der Waals surface area contributed by atoms with Gasteiger partial charge in [0.25, 0.3) is 0 Å². The minimum atomic E-state index is 0.668. The second-order valence-corrected chi connectivity index (χ2v) is 6.39. The Morgan fingerprint density at radius 2 is 2.37 bits per heavy atom. The van der Waals surface area contributed by atoms with Crippen LogP contribution in [0.25, 0.3) is 0 Å². The summed E-state index contributed by atoms with van der Waals surface area (Å²) in [5.74, 6) is 1.14. The van der Waals surface area contributed by atoms with Crippen LogP contribution in [0.5, 0.6) is 5.75 Å². The van der Waals surface area contributed by atoms with Gasteiger partial charge in [0.05, 0.1) is 6.61 Å². The van der Waals surface area contributed by atoms with Crippen LogP contribution in [0.15, 0.2) is 16.6 Å². The predicted octanol–water partition coefficient (Wildman–Crippen LogP) is 2.57. The molecule has 104 valence electrons. The summed E-state index contributed by atoms with van der Waals surface area (Å²) in [7, 11) is 2.04. The van der Waals surface area contributed by atoms with E-state index < -0.39 is 0 Å². The van der Waals surface area contributed by atoms with Gasteiger partial charge in [0, 0.05) is 35.6 Å². The third-order valence-corrected chi connectivity index (χ3v) is 4.60. The highest BCUT2D eigenvalue weighted by atomic mass is 79.9. The first-order valence-corrected chi connectivity index (χ1v) is 7.90. The largest absolute Gasteiger partial charge is 0.493 e. The van der Waals surface area contributed by atoms with Crippen LogP contribution in [0, 0.1) is 0 Å². The Labute approximate surface area is 123 Å². The lowest BCUT2D eigenvalue weighted by Crippen LogP contribution is -2.36. The molecule has 2 aliphatic heterocycles. The molecule has 1 atom stereocenters. The van der Waals surface area contributed by atoms with E-state index in [0.717, 1.165) is 31.9 Å². The van der Waals surface area contributed by atoms with Crippen molar-refractivity contribution in [2.24, 2.45) is 0 Å². The molecule has 0 aromatic heterocycles. The number of ether oxygens (including phenoxy) is 1. The Balaban J connectivity index is 1.79. The predicted molar refractivity (Wildman–Crippen MR) is 80.7 cm³/mol. The van der Waals surface area contributed by atoms with E-state index in [1.54, 1.807) is 0 Å². The van der Waals surface area contributed by atoms with Crippen molar-refractivity contribution in [1.82, 2.24) is 10.2 Å². The minimum absolute atomic E-state index is 0.668. The van der Waals surface area contributed by atoms with Gasteiger partial charge in [0.2, 0.25) is 0 Å². The lowest BCUT2D eigenvalue weighted by Gasteiger charge is -2.25. The maximum Gasteiger partial charge on any atom is 0.127 e. The molecule has 1 fully saturated rings. The molecule has 1 saturated heterocycles. The number of likely N-dealkylation sites (tertiary alicyclic amines) is 1. The van der Waals surface area contributed by atoms with Crippen LogP contribution < -0.4 is 10.1 Å². The van der Waals surface area contributed by atoms with Gasteiger partial charge in [0.15, 0.2) is 0 Å². The van der Waals surface area contributed by atoms with Crippen LogP contribution in [0.2, 0.25) is 0 Å². The highest BCUT2D eigenvalue weighted by molar-refractivity contribution is 9.10. The number of benzene rings is 1. The van der Waals surface area contributed by atoms with Gasteiger partial charge in [-0.15, -0.1) is 0 Å². The van der Waals surface area contributed by atoms with Crippen LogP contribution in [0.1, 0.15) is 24.0 Å². The first kappa shape index (κ1) is 13.4. The van der Waals surface area contributed by atoms with Crippen molar-refractivity contribution in [3.8, 4) is 5.75 Å². The monoisotopic (exact) mass is 324 g/mol. The number of hydrogen-bond donors (Lipinski definition) is 1. The summed E-state index contributed by atoms with van der Waals surface area (Å²) in [6.07, 6.45) is 3.66. The van der Waals surface area contributed by atoms with Gasteiger partial charge < -0.3 is 10.1 Å². The lowest BCUT2D eigenvalue weighted by atomic mass is 10.1. The molecule has 1 N–H and O–H groups in total.